The molecule has 11 nitrogen and oxygen atoms in total. The number of carbonyl (C=O) groups excluding carboxylic acids is 3. The number of likely N-dealkylation sites (N-methyl/N-ethyl adjacent to an activating group) is 1. The number of aliphatic carboxylic acids is 1. The first-order chi connectivity index (χ1) is 16.9. The van der Waals surface area contributed by atoms with Crippen LogP contribution in [-0.4, -0.2) is 103 Å². The zero-order valence-corrected chi connectivity index (χ0v) is 21.1. The Morgan fingerprint density at radius 3 is 2.44 bits per heavy atom. The molecule has 3 heterocycles. The molecular weight excluding hydrogens is 490 g/mol. The summed E-state index contributed by atoms with van der Waals surface area (Å²) in [5, 5.41) is 39.6. The Bertz CT molecular complexity index is 1170. The number of β-lactam (4-membered cyclic amide) rings is 1. The van der Waals surface area contributed by atoms with Crippen LogP contribution >= 0.6 is 11.8 Å². The highest BCUT2D eigenvalue weighted by atomic mass is 32.2. The summed E-state index contributed by atoms with van der Waals surface area (Å²) in [6.45, 7) is 3.40. The molecule has 2 fully saturated rings. The molecule has 12 heteroatoms. The minimum absolute atomic E-state index is 0.0877. The van der Waals surface area contributed by atoms with Crippen LogP contribution in [0.15, 0.2) is 28.8 Å². The third-order valence-electron chi connectivity index (χ3n) is 7.10. The van der Waals surface area contributed by atoms with Gasteiger partial charge in [-0.15, -0.1) is 11.8 Å². The van der Waals surface area contributed by atoms with E-state index in [4.69, 9.17) is 0 Å². The average molecular weight is 520 g/mol. The molecule has 0 radical (unpaired) electrons. The summed E-state index contributed by atoms with van der Waals surface area (Å²) < 4.78 is 0. The van der Waals surface area contributed by atoms with Crippen LogP contribution in [0.4, 0.5) is 0 Å². The monoisotopic (exact) mass is 519 g/mol. The van der Waals surface area contributed by atoms with E-state index in [1.54, 1.807) is 14.1 Å². The molecule has 3 aliphatic heterocycles. The summed E-state index contributed by atoms with van der Waals surface area (Å²) in [4.78, 5) is 55.4. The molecule has 0 spiro atoms. The first-order valence-corrected chi connectivity index (χ1v) is 12.4. The Balaban J connectivity index is 1.64. The van der Waals surface area contributed by atoms with Crippen LogP contribution in [0.5, 0.6) is 11.5 Å². The van der Waals surface area contributed by atoms with Crippen molar-refractivity contribution in [1.29, 1.82) is 0 Å². The van der Waals surface area contributed by atoms with Crippen molar-refractivity contribution in [3.8, 4) is 11.5 Å². The number of para-hydroxylation sites is 1. The van der Waals surface area contributed by atoms with Crippen molar-refractivity contribution in [2.24, 2.45) is 11.8 Å². The topological polar surface area (TPSA) is 159 Å². The Kier molecular flexibility index (Phi) is 6.69. The third-order valence-corrected chi connectivity index (χ3v) is 8.59. The van der Waals surface area contributed by atoms with Gasteiger partial charge in [0.25, 0.3) is 5.91 Å². The van der Waals surface area contributed by atoms with Gasteiger partial charge in [-0.3, -0.25) is 14.4 Å². The highest BCUT2D eigenvalue weighted by molar-refractivity contribution is 8.03. The van der Waals surface area contributed by atoms with E-state index in [1.807, 2.05) is 6.92 Å². The van der Waals surface area contributed by atoms with Gasteiger partial charge in [0.1, 0.15) is 11.7 Å². The second-order valence-corrected chi connectivity index (χ2v) is 11.0. The van der Waals surface area contributed by atoms with Crippen LogP contribution in [0.3, 0.4) is 0 Å². The molecule has 2 saturated heterocycles. The van der Waals surface area contributed by atoms with E-state index in [0.29, 0.717) is 4.91 Å². The number of thioether (sulfide) groups is 1. The van der Waals surface area contributed by atoms with Gasteiger partial charge in [-0.1, -0.05) is 13.0 Å². The van der Waals surface area contributed by atoms with Gasteiger partial charge in [-0.2, -0.15) is 0 Å². The summed E-state index contributed by atoms with van der Waals surface area (Å²) in [5.74, 6) is -4.72. The molecule has 1 aromatic carbocycles. The second-order valence-electron chi connectivity index (χ2n) is 9.63. The molecule has 6 atom stereocenters. The summed E-state index contributed by atoms with van der Waals surface area (Å²) in [6, 6.07) is 2.68. The largest absolute Gasteiger partial charge is 0.504 e. The Morgan fingerprint density at radius 1 is 1.19 bits per heavy atom. The van der Waals surface area contributed by atoms with Gasteiger partial charge in [0, 0.05) is 36.7 Å². The van der Waals surface area contributed by atoms with E-state index < -0.39 is 53.4 Å². The van der Waals surface area contributed by atoms with Crippen LogP contribution in [-0.2, 0) is 14.4 Å². The van der Waals surface area contributed by atoms with E-state index in [2.05, 4.69) is 0 Å². The first kappa shape index (κ1) is 25.8. The number of benzene rings is 1. The number of likely N-dealkylation sites (tertiary alicyclic amines) is 1. The van der Waals surface area contributed by atoms with E-state index in [1.165, 1.54) is 51.6 Å². The lowest BCUT2D eigenvalue weighted by Gasteiger charge is -2.46. The van der Waals surface area contributed by atoms with E-state index in [-0.39, 0.29) is 41.3 Å². The van der Waals surface area contributed by atoms with Crippen molar-refractivity contribution in [3.63, 3.8) is 0 Å². The summed E-state index contributed by atoms with van der Waals surface area (Å²) in [7, 11) is 3.13. The number of hydrogen-bond acceptors (Lipinski definition) is 8. The fourth-order valence-corrected chi connectivity index (χ4v) is 6.88. The number of amides is 3. The number of carboxylic acid groups (broad SMARTS) is 1. The Hall–Kier alpha value is -3.25. The number of carbonyl (C=O) groups is 4. The van der Waals surface area contributed by atoms with Crippen molar-refractivity contribution >= 4 is 35.5 Å². The van der Waals surface area contributed by atoms with Gasteiger partial charge >= 0.3 is 5.97 Å². The van der Waals surface area contributed by atoms with Crippen LogP contribution in [0.1, 0.15) is 30.6 Å². The lowest BCUT2D eigenvalue weighted by molar-refractivity contribution is -0.163. The van der Waals surface area contributed by atoms with E-state index in [0.717, 1.165) is 0 Å². The number of phenolic OH excluding ortho intramolecular Hbond substituents is 2. The number of rotatable bonds is 6. The van der Waals surface area contributed by atoms with E-state index in [9.17, 15) is 39.6 Å². The normalized spacial score (nSPS) is 28.1. The quantitative estimate of drug-likeness (QED) is 0.313. The Labute approximate surface area is 212 Å². The molecule has 0 saturated carbocycles. The summed E-state index contributed by atoms with van der Waals surface area (Å²) in [5.41, 5.74) is -0.267. The zero-order valence-electron chi connectivity index (χ0n) is 20.3. The molecule has 0 bridgehead atoms. The maximum Gasteiger partial charge on any atom is 0.353 e. The molecule has 4 N–H and O–H groups in total. The molecule has 194 valence electrons. The SMILES string of the molecule is CC(O)[C@H]1C(=O)N2C(C(=O)O)=C(S[C@H]3C[C@@H](C(=O)N(C)C)N(C(=O)c4cccc(O)c4O)C3)[C@H](C)[C@H]12. The third kappa shape index (κ3) is 3.97. The van der Waals surface area contributed by atoms with Crippen LogP contribution < -0.4 is 0 Å². The molecule has 0 aromatic heterocycles. The predicted molar refractivity (Wildman–Crippen MR) is 129 cm³/mol. The summed E-state index contributed by atoms with van der Waals surface area (Å²) in [6.07, 6.45) is -0.688. The number of aliphatic hydroxyl groups is 1. The lowest BCUT2D eigenvalue weighted by atomic mass is 9.79. The van der Waals surface area contributed by atoms with Crippen molar-refractivity contribution < 1.29 is 39.6 Å². The molecule has 36 heavy (non-hydrogen) atoms. The van der Waals surface area contributed by atoms with Crippen molar-refractivity contribution in [2.75, 3.05) is 20.6 Å². The van der Waals surface area contributed by atoms with Gasteiger partial charge in [0.2, 0.25) is 11.8 Å². The second kappa shape index (κ2) is 9.32. The molecule has 0 aliphatic carbocycles. The standard InChI is InChI=1S/C24H29N3O8S/c1-10-17-16(11(2)28)23(33)27(17)18(24(34)35)20(10)36-12-8-14(22(32)25(3)4)26(9-12)21(31)13-6-5-7-15(29)19(13)30/h5-7,10-12,14,16-17,28-30H,8-9H2,1-4H3,(H,34,35)/t10-,11?,12+,14+,16-,17-/m1/s1. The van der Waals surface area contributed by atoms with Crippen molar-refractivity contribution in [3.05, 3.63) is 34.4 Å². The number of hydrogen-bond donors (Lipinski definition) is 4. The van der Waals surface area contributed by atoms with Gasteiger partial charge in [-0.25, -0.2) is 4.79 Å². The maximum absolute atomic E-state index is 13.3. The fourth-order valence-electron chi connectivity index (χ4n) is 5.36. The Morgan fingerprint density at radius 2 is 1.86 bits per heavy atom. The molecule has 1 aromatic rings. The molecule has 4 rings (SSSR count). The number of nitrogens with zero attached hydrogens (tertiary/aromatic N) is 3. The lowest BCUT2D eigenvalue weighted by Crippen LogP contribution is -2.63. The van der Waals surface area contributed by atoms with Crippen molar-refractivity contribution in [2.45, 2.75) is 43.7 Å². The average Bonchev–Trinajstić information content (AvgIpc) is 3.32. The van der Waals surface area contributed by atoms with E-state index >= 15 is 0 Å². The van der Waals surface area contributed by atoms with Gasteiger partial charge in [0.15, 0.2) is 11.5 Å². The number of aromatic hydroxyl groups is 2. The molecule has 3 amide bonds. The van der Waals surface area contributed by atoms with Gasteiger partial charge < -0.3 is 35.1 Å². The smallest absolute Gasteiger partial charge is 0.353 e. The number of fused-ring (bicyclic) bond motifs is 1. The number of aliphatic hydroxyl groups excluding tert-OH is 1. The molecule has 3 aliphatic rings. The van der Waals surface area contributed by atoms with Crippen molar-refractivity contribution in [1.82, 2.24) is 14.7 Å². The fraction of sp³-hybridized carbons (Fsp3) is 0.500. The van der Waals surface area contributed by atoms with Crippen LogP contribution in [0.25, 0.3) is 0 Å². The van der Waals surface area contributed by atoms with Gasteiger partial charge in [0.05, 0.1) is 23.6 Å². The summed E-state index contributed by atoms with van der Waals surface area (Å²) >= 11 is 1.23. The minimum Gasteiger partial charge on any atom is -0.504 e. The predicted octanol–water partition coefficient (Wildman–Crippen LogP) is 0.656. The zero-order chi connectivity index (χ0) is 26.6. The number of phenols is 2. The minimum atomic E-state index is -1.25. The van der Waals surface area contributed by atoms with Crippen LogP contribution in [0.2, 0.25) is 0 Å². The number of carboxylic acids is 1. The first-order valence-electron chi connectivity index (χ1n) is 11.5. The van der Waals surface area contributed by atoms with Crippen LogP contribution in [0, 0.1) is 11.8 Å². The highest BCUT2D eigenvalue weighted by Gasteiger charge is 2.60. The molecular formula is C24H29N3O8S. The highest BCUT2D eigenvalue weighted by Crippen LogP contribution is 2.52. The maximum atomic E-state index is 13.3. The molecule has 1 unspecified atom stereocenters. The van der Waals surface area contributed by atoms with Gasteiger partial charge in [-0.05, 0) is 25.5 Å².